The van der Waals surface area contributed by atoms with Crippen molar-refractivity contribution in [3.05, 3.63) is 29.8 Å². The molecule has 0 fully saturated rings. The molecular weight excluding hydrogens is 227 g/mol. The molecule has 0 saturated heterocycles. The molecular formula is C11H13FN2O3. The summed E-state index contributed by atoms with van der Waals surface area (Å²) in [5.74, 6) is -2.23. The number of pyridine rings is 1. The van der Waals surface area contributed by atoms with Crippen LogP contribution < -0.4 is 5.32 Å². The summed E-state index contributed by atoms with van der Waals surface area (Å²) >= 11 is 0. The molecule has 0 bridgehead atoms. The molecule has 0 aliphatic heterocycles. The van der Waals surface area contributed by atoms with E-state index in [4.69, 9.17) is 5.11 Å². The number of nitrogens with zero attached hydrogens (tertiary/aromatic N) is 1. The highest BCUT2D eigenvalue weighted by molar-refractivity contribution is 5.94. The number of carbonyl (C=O) groups excluding carboxylic acids is 1. The Labute approximate surface area is 97.7 Å². The second kappa shape index (κ2) is 5.93. The van der Waals surface area contributed by atoms with Crippen LogP contribution in [0.3, 0.4) is 0 Å². The van der Waals surface area contributed by atoms with Crippen molar-refractivity contribution in [1.82, 2.24) is 10.3 Å². The summed E-state index contributed by atoms with van der Waals surface area (Å²) in [6.45, 7) is 1.76. The van der Waals surface area contributed by atoms with Crippen molar-refractivity contribution in [3.8, 4) is 0 Å². The summed E-state index contributed by atoms with van der Waals surface area (Å²) in [5, 5.41) is 11.1. The van der Waals surface area contributed by atoms with Gasteiger partial charge in [0.05, 0.1) is 6.42 Å². The Hall–Kier alpha value is -1.98. The molecule has 0 spiro atoms. The summed E-state index contributed by atoms with van der Waals surface area (Å²) in [7, 11) is 0. The highest BCUT2D eigenvalue weighted by Gasteiger charge is 2.15. The van der Waals surface area contributed by atoms with E-state index in [1.54, 1.807) is 6.92 Å². The van der Waals surface area contributed by atoms with Gasteiger partial charge in [-0.25, -0.2) is 4.98 Å². The van der Waals surface area contributed by atoms with E-state index in [1.165, 1.54) is 12.3 Å². The fourth-order valence-corrected chi connectivity index (χ4v) is 1.32. The number of hydrogen-bond acceptors (Lipinski definition) is 3. The van der Waals surface area contributed by atoms with E-state index in [2.05, 4.69) is 10.3 Å². The minimum absolute atomic E-state index is 0.126. The van der Waals surface area contributed by atoms with E-state index >= 15 is 0 Å². The Kier molecular flexibility index (Phi) is 4.56. The third kappa shape index (κ3) is 4.18. The Morgan fingerprint density at radius 3 is 2.82 bits per heavy atom. The van der Waals surface area contributed by atoms with Crippen LogP contribution in [0.1, 0.15) is 30.1 Å². The van der Waals surface area contributed by atoms with Crippen molar-refractivity contribution >= 4 is 11.9 Å². The Morgan fingerprint density at radius 2 is 2.29 bits per heavy atom. The van der Waals surface area contributed by atoms with Gasteiger partial charge in [-0.3, -0.25) is 9.59 Å². The number of nitrogens with one attached hydrogen (secondary N) is 1. The van der Waals surface area contributed by atoms with Gasteiger partial charge in [0.1, 0.15) is 0 Å². The second-order valence-electron chi connectivity index (χ2n) is 3.54. The van der Waals surface area contributed by atoms with Crippen LogP contribution in [0, 0.1) is 5.95 Å². The van der Waals surface area contributed by atoms with Crippen molar-refractivity contribution in [3.63, 3.8) is 0 Å². The number of hydrogen-bond donors (Lipinski definition) is 2. The van der Waals surface area contributed by atoms with Crippen molar-refractivity contribution in [2.75, 3.05) is 0 Å². The van der Waals surface area contributed by atoms with E-state index in [-0.39, 0.29) is 12.0 Å². The van der Waals surface area contributed by atoms with E-state index in [1.807, 2.05) is 0 Å². The molecule has 0 radical (unpaired) electrons. The fourth-order valence-electron chi connectivity index (χ4n) is 1.32. The minimum Gasteiger partial charge on any atom is -0.481 e. The zero-order chi connectivity index (χ0) is 12.8. The first-order valence-corrected chi connectivity index (χ1v) is 5.17. The number of aliphatic carboxylic acids is 1. The first-order valence-electron chi connectivity index (χ1n) is 5.17. The van der Waals surface area contributed by atoms with E-state index in [0.717, 1.165) is 6.07 Å². The van der Waals surface area contributed by atoms with Gasteiger partial charge in [0.15, 0.2) is 0 Å². The highest BCUT2D eigenvalue weighted by Crippen LogP contribution is 2.03. The Morgan fingerprint density at radius 1 is 1.59 bits per heavy atom. The third-order valence-electron chi connectivity index (χ3n) is 2.24. The van der Waals surface area contributed by atoms with Crippen LogP contribution >= 0.6 is 0 Å². The second-order valence-corrected chi connectivity index (χ2v) is 3.54. The smallest absolute Gasteiger partial charge is 0.305 e. The van der Waals surface area contributed by atoms with Gasteiger partial charge in [-0.05, 0) is 12.5 Å². The predicted octanol–water partition coefficient (Wildman–Crippen LogP) is 1.20. The lowest BCUT2D eigenvalue weighted by atomic mass is 10.1. The van der Waals surface area contributed by atoms with E-state index < -0.39 is 23.9 Å². The average molecular weight is 240 g/mol. The maximum Gasteiger partial charge on any atom is 0.305 e. The normalized spacial score (nSPS) is 11.9. The molecule has 0 saturated carbocycles. The van der Waals surface area contributed by atoms with Crippen LogP contribution in [0.15, 0.2) is 18.3 Å². The summed E-state index contributed by atoms with van der Waals surface area (Å²) < 4.78 is 12.8. The van der Waals surface area contributed by atoms with Crippen molar-refractivity contribution in [1.29, 1.82) is 0 Å². The molecule has 6 heteroatoms. The molecule has 1 rings (SSSR count). The molecule has 1 atom stereocenters. The number of carbonyl (C=O) groups is 2. The van der Waals surface area contributed by atoms with Gasteiger partial charge in [-0.2, -0.15) is 4.39 Å². The van der Waals surface area contributed by atoms with Gasteiger partial charge >= 0.3 is 5.97 Å². The number of rotatable bonds is 5. The maximum atomic E-state index is 12.8. The molecule has 0 aliphatic carbocycles. The zero-order valence-electron chi connectivity index (χ0n) is 9.31. The standard InChI is InChI=1S/C11H13FN2O3/c1-2-8(6-10(15)16)14-11(17)7-3-4-13-9(12)5-7/h3-5,8H,2,6H2,1H3,(H,14,17)(H,15,16). The summed E-state index contributed by atoms with van der Waals surface area (Å²) in [6.07, 6.45) is 1.52. The van der Waals surface area contributed by atoms with Crippen LogP contribution in [0.5, 0.6) is 0 Å². The SMILES string of the molecule is CCC(CC(=O)O)NC(=O)c1ccnc(F)c1. The molecule has 0 aliphatic rings. The number of carboxylic acids is 1. The zero-order valence-corrected chi connectivity index (χ0v) is 9.31. The first kappa shape index (κ1) is 13.1. The first-order chi connectivity index (χ1) is 8.02. The number of halogens is 1. The predicted molar refractivity (Wildman–Crippen MR) is 58.0 cm³/mol. The summed E-state index contributed by atoms with van der Waals surface area (Å²) in [4.78, 5) is 25.5. The Bertz CT molecular complexity index is 423. The fraction of sp³-hybridized carbons (Fsp3) is 0.364. The number of aromatic nitrogens is 1. The van der Waals surface area contributed by atoms with Crippen molar-refractivity contribution in [2.24, 2.45) is 0 Å². The molecule has 17 heavy (non-hydrogen) atoms. The summed E-state index contributed by atoms with van der Waals surface area (Å²) in [5.41, 5.74) is 0.126. The van der Waals surface area contributed by atoms with Gasteiger partial charge in [0.25, 0.3) is 5.91 Å². The molecule has 1 heterocycles. The van der Waals surface area contributed by atoms with E-state index in [0.29, 0.717) is 6.42 Å². The molecule has 1 aromatic heterocycles. The van der Waals surface area contributed by atoms with Crippen molar-refractivity contribution in [2.45, 2.75) is 25.8 Å². The minimum atomic E-state index is -0.988. The lowest BCUT2D eigenvalue weighted by Gasteiger charge is -2.14. The third-order valence-corrected chi connectivity index (χ3v) is 2.24. The average Bonchev–Trinajstić information content (AvgIpc) is 2.27. The van der Waals surface area contributed by atoms with Gasteiger partial charge < -0.3 is 10.4 Å². The summed E-state index contributed by atoms with van der Waals surface area (Å²) in [6, 6.07) is 1.91. The van der Waals surface area contributed by atoms with E-state index in [9.17, 15) is 14.0 Å². The Balaban J connectivity index is 2.67. The van der Waals surface area contributed by atoms with Crippen LogP contribution in [-0.4, -0.2) is 28.0 Å². The largest absolute Gasteiger partial charge is 0.481 e. The quantitative estimate of drug-likeness (QED) is 0.758. The van der Waals surface area contributed by atoms with Gasteiger partial charge in [-0.15, -0.1) is 0 Å². The molecule has 5 nitrogen and oxygen atoms in total. The molecule has 0 aromatic carbocycles. The maximum absolute atomic E-state index is 12.8. The molecule has 1 aromatic rings. The number of amides is 1. The lowest BCUT2D eigenvalue weighted by molar-refractivity contribution is -0.137. The van der Waals surface area contributed by atoms with Crippen LogP contribution in [0.4, 0.5) is 4.39 Å². The van der Waals surface area contributed by atoms with Gasteiger partial charge in [0, 0.05) is 23.9 Å². The lowest BCUT2D eigenvalue weighted by Crippen LogP contribution is -2.36. The molecule has 92 valence electrons. The molecule has 1 unspecified atom stereocenters. The number of carboxylic acid groups (broad SMARTS) is 1. The highest BCUT2D eigenvalue weighted by atomic mass is 19.1. The van der Waals surface area contributed by atoms with Crippen LogP contribution in [0.25, 0.3) is 0 Å². The molecule has 2 N–H and O–H groups in total. The van der Waals surface area contributed by atoms with Crippen molar-refractivity contribution < 1.29 is 19.1 Å². The monoisotopic (exact) mass is 240 g/mol. The topological polar surface area (TPSA) is 79.3 Å². The molecule has 1 amide bonds. The van der Waals surface area contributed by atoms with Crippen LogP contribution in [0.2, 0.25) is 0 Å². The van der Waals surface area contributed by atoms with Crippen LogP contribution in [-0.2, 0) is 4.79 Å². The van der Waals surface area contributed by atoms with Gasteiger partial charge in [-0.1, -0.05) is 6.92 Å². The van der Waals surface area contributed by atoms with Gasteiger partial charge in [0.2, 0.25) is 5.95 Å².